The van der Waals surface area contributed by atoms with E-state index in [1.165, 1.54) is 5.56 Å². The molecule has 1 heterocycles. The third kappa shape index (κ3) is 7.40. The predicted octanol–water partition coefficient (Wildman–Crippen LogP) is 2.87. The van der Waals surface area contributed by atoms with E-state index < -0.39 is 0 Å². The molecule has 2 aromatic rings. The van der Waals surface area contributed by atoms with Crippen molar-refractivity contribution in [2.75, 3.05) is 39.5 Å². The Kier molecular flexibility index (Phi) is 8.34. The fraction of sp³-hybridized carbons (Fsp3) is 0.435. The fourth-order valence-electron chi connectivity index (χ4n) is 3.17. The number of hydrogen-bond donors (Lipinski definition) is 1. The molecule has 1 aliphatic rings. The molecular formula is C23H30N2O4. The third-order valence-corrected chi connectivity index (χ3v) is 4.67. The van der Waals surface area contributed by atoms with Gasteiger partial charge >= 0.3 is 0 Å². The van der Waals surface area contributed by atoms with Crippen LogP contribution in [0, 0.1) is 0 Å². The van der Waals surface area contributed by atoms with Crippen LogP contribution in [0.25, 0.3) is 0 Å². The Morgan fingerprint density at radius 3 is 2.55 bits per heavy atom. The third-order valence-electron chi connectivity index (χ3n) is 4.67. The van der Waals surface area contributed by atoms with E-state index in [1.54, 1.807) is 0 Å². The second kappa shape index (κ2) is 11.4. The summed E-state index contributed by atoms with van der Waals surface area (Å²) in [7, 11) is 0. The summed E-state index contributed by atoms with van der Waals surface area (Å²) < 4.78 is 16.9. The fourth-order valence-corrected chi connectivity index (χ4v) is 3.17. The summed E-state index contributed by atoms with van der Waals surface area (Å²) in [6.45, 7) is 6.50. The van der Waals surface area contributed by atoms with Crippen molar-refractivity contribution in [2.45, 2.75) is 26.0 Å². The van der Waals surface area contributed by atoms with Gasteiger partial charge in [0.1, 0.15) is 11.5 Å². The molecule has 1 unspecified atom stereocenters. The van der Waals surface area contributed by atoms with E-state index in [2.05, 4.69) is 41.4 Å². The SMILES string of the molecule is CCCOc1ccc(OCC(=O)NCC2CN(Cc3ccccc3)CCO2)cc1. The molecule has 1 aliphatic heterocycles. The quantitative estimate of drug-likeness (QED) is 0.667. The Hall–Kier alpha value is -2.57. The van der Waals surface area contributed by atoms with Gasteiger partial charge in [0.15, 0.2) is 6.61 Å². The average Bonchev–Trinajstić information content (AvgIpc) is 2.76. The first-order chi connectivity index (χ1) is 14.2. The molecule has 156 valence electrons. The van der Waals surface area contributed by atoms with Gasteiger partial charge < -0.3 is 19.5 Å². The van der Waals surface area contributed by atoms with Crippen LogP contribution in [0.3, 0.4) is 0 Å². The zero-order chi connectivity index (χ0) is 20.3. The minimum absolute atomic E-state index is 0.00795. The molecule has 0 spiro atoms. The van der Waals surface area contributed by atoms with Crippen molar-refractivity contribution in [3.63, 3.8) is 0 Å². The van der Waals surface area contributed by atoms with Gasteiger partial charge in [-0.3, -0.25) is 9.69 Å². The van der Waals surface area contributed by atoms with Gasteiger partial charge in [0.2, 0.25) is 0 Å². The molecule has 1 saturated heterocycles. The van der Waals surface area contributed by atoms with Crippen molar-refractivity contribution in [1.82, 2.24) is 10.2 Å². The van der Waals surface area contributed by atoms with Gasteiger partial charge in [-0.15, -0.1) is 0 Å². The molecule has 29 heavy (non-hydrogen) atoms. The molecule has 2 aromatic carbocycles. The van der Waals surface area contributed by atoms with Gasteiger partial charge in [-0.2, -0.15) is 0 Å². The number of nitrogens with one attached hydrogen (secondary N) is 1. The number of morpholine rings is 1. The van der Waals surface area contributed by atoms with Crippen molar-refractivity contribution in [2.24, 2.45) is 0 Å². The minimum atomic E-state index is -0.153. The Morgan fingerprint density at radius 1 is 1.10 bits per heavy atom. The van der Waals surface area contributed by atoms with Crippen LogP contribution in [-0.4, -0.2) is 56.4 Å². The highest BCUT2D eigenvalue weighted by molar-refractivity contribution is 5.77. The molecule has 1 fully saturated rings. The van der Waals surface area contributed by atoms with Crippen LogP contribution in [0.5, 0.6) is 11.5 Å². The van der Waals surface area contributed by atoms with Crippen LogP contribution in [0.15, 0.2) is 54.6 Å². The lowest BCUT2D eigenvalue weighted by Crippen LogP contribution is -2.47. The normalized spacial score (nSPS) is 16.9. The lowest BCUT2D eigenvalue weighted by Gasteiger charge is -2.33. The lowest BCUT2D eigenvalue weighted by atomic mass is 10.2. The second-order valence-corrected chi connectivity index (χ2v) is 7.13. The van der Waals surface area contributed by atoms with Gasteiger partial charge in [-0.1, -0.05) is 37.3 Å². The first-order valence-corrected chi connectivity index (χ1v) is 10.2. The number of ether oxygens (including phenoxy) is 3. The molecule has 6 heteroatoms. The summed E-state index contributed by atoms with van der Waals surface area (Å²) in [6, 6.07) is 17.7. The molecular weight excluding hydrogens is 368 g/mol. The highest BCUT2D eigenvalue weighted by atomic mass is 16.5. The molecule has 1 N–H and O–H groups in total. The number of benzene rings is 2. The predicted molar refractivity (Wildman–Crippen MR) is 112 cm³/mol. The van der Waals surface area contributed by atoms with Crippen molar-refractivity contribution in [3.05, 3.63) is 60.2 Å². The van der Waals surface area contributed by atoms with Crippen LogP contribution < -0.4 is 14.8 Å². The summed E-state index contributed by atoms with van der Waals surface area (Å²) in [5.74, 6) is 1.30. The molecule has 0 aromatic heterocycles. The van der Waals surface area contributed by atoms with Gasteiger partial charge in [0.25, 0.3) is 5.91 Å². The number of amides is 1. The molecule has 6 nitrogen and oxygen atoms in total. The summed E-state index contributed by atoms with van der Waals surface area (Å²) in [5.41, 5.74) is 1.29. The van der Waals surface area contributed by atoms with Crippen molar-refractivity contribution in [1.29, 1.82) is 0 Å². The smallest absolute Gasteiger partial charge is 0.258 e. The average molecular weight is 399 g/mol. The maximum atomic E-state index is 12.1. The standard InChI is InChI=1S/C23H30N2O4/c1-2-13-27-20-8-10-21(11-9-20)29-18-23(26)24-15-22-17-25(12-14-28-22)16-19-6-4-3-5-7-19/h3-11,22H,2,12-18H2,1H3,(H,24,26). The molecule has 0 radical (unpaired) electrons. The van der Waals surface area contributed by atoms with Crippen LogP contribution in [-0.2, 0) is 16.1 Å². The Balaban J connectivity index is 1.35. The first kappa shape index (κ1) is 21.1. The van der Waals surface area contributed by atoms with E-state index in [0.29, 0.717) is 25.5 Å². The van der Waals surface area contributed by atoms with Gasteiger partial charge in [0, 0.05) is 26.2 Å². The van der Waals surface area contributed by atoms with Crippen LogP contribution >= 0.6 is 0 Å². The zero-order valence-electron chi connectivity index (χ0n) is 17.0. The maximum Gasteiger partial charge on any atom is 0.258 e. The van der Waals surface area contributed by atoms with Crippen LogP contribution in [0.4, 0.5) is 0 Å². The zero-order valence-corrected chi connectivity index (χ0v) is 17.0. The lowest BCUT2D eigenvalue weighted by molar-refractivity contribution is -0.124. The molecule has 0 aliphatic carbocycles. The van der Waals surface area contributed by atoms with Crippen molar-refractivity contribution >= 4 is 5.91 Å². The monoisotopic (exact) mass is 398 g/mol. The van der Waals surface area contributed by atoms with E-state index in [0.717, 1.165) is 31.8 Å². The van der Waals surface area contributed by atoms with E-state index in [9.17, 15) is 4.79 Å². The minimum Gasteiger partial charge on any atom is -0.494 e. The molecule has 1 amide bonds. The Morgan fingerprint density at radius 2 is 1.83 bits per heavy atom. The van der Waals surface area contributed by atoms with E-state index in [4.69, 9.17) is 14.2 Å². The Labute approximate surface area is 172 Å². The number of rotatable bonds is 10. The van der Waals surface area contributed by atoms with Gasteiger partial charge in [0.05, 0.1) is 19.3 Å². The van der Waals surface area contributed by atoms with E-state index >= 15 is 0 Å². The molecule has 1 atom stereocenters. The molecule has 0 saturated carbocycles. The number of carbonyl (C=O) groups is 1. The summed E-state index contributed by atoms with van der Waals surface area (Å²) in [4.78, 5) is 14.5. The van der Waals surface area contributed by atoms with E-state index in [1.807, 2.05) is 30.3 Å². The highest BCUT2D eigenvalue weighted by Gasteiger charge is 2.21. The summed E-state index contributed by atoms with van der Waals surface area (Å²) in [6.07, 6.45) is 0.957. The van der Waals surface area contributed by atoms with Crippen molar-refractivity contribution in [3.8, 4) is 11.5 Å². The highest BCUT2D eigenvalue weighted by Crippen LogP contribution is 2.17. The van der Waals surface area contributed by atoms with Crippen LogP contribution in [0.2, 0.25) is 0 Å². The molecule has 0 bridgehead atoms. The van der Waals surface area contributed by atoms with Gasteiger partial charge in [-0.25, -0.2) is 0 Å². The number of carbonyl (C=O) groups excluding carboxylic acids is 1. The van der Waals surface area contributed by atoms with Crippen LogP contribution in [0.1, 0.15) is 18.9 Å². The van der Waals surface area contributed by atoms with E-state index in [-0.39, 0.29) is 18.6 Å². The largest absolute Gasteiger partial charge is 0.494 e. The first-order valence-electron chi connectivity index (χ1n) is 10.2. The van der Waals surface area contributed by atoms with Gasteiger partial charge in [-0.05, 0) is 36.2 Å². The second-order valence-electron chi connectivity index (χ2n) is 7.13. The summed E-state index contributed by atoms with van der Waals surface area (Å²) >= 11 is 0. The number of hydrogen-bond acceptors (Lipinski definition) is 5. The summed E-state index contributed by atoms with van der Waals surface area (Å²) in [5, 5.41) is 2.91. The maximum absolute atomic E-state index is 12.1. The van der Waals surface area contributed by atoms with Crippen molar-refractivity contribution < 1.29 is 19.0 Å². The topological polar surface area (TPSA) is 60.0 Å². The molecule has 3 rings (SSSR count). The number of nitrogens with zero attached hydrogens (tertiary/aromatic N) is 1. The Bertz CT molecular complexity index is 736.